The van der Waals surface area contributed by atoms with Crippen molar-refractivity contribution < 1.29 is 9.59 Å². The monoisotopic (exact) mass is 342 g/mol. The van der Waals surface area contributed by atoms with E-state index in [-0.39, 0.29) is 24.2 Å². The molecule has 0 aliphatic carbocycles. The topological polar surface area (TPSA) is 49.4 Å². The smallest absolute Gasteiger partial charge is 0.229 e. The molecule has 1 N–H and O–H groups in total. The van der Waals surface area contributed by atoms with Gasteiger partial charge in [-0.25, -0.2) is 0 Å². The molecule has 3 rings (SSSR count). The number of amides is 2. The van der Waals surface area contributed by atoms with E-state index < -0.39 is 0 Å². The Labute approximate surface area is 146 Å². The third-order valence-electron chi connectivity index (χ3n) is 4.24. The Hall–Kier alpha value is -2.33. The molecule has 1 atom stereocenters. The quantitative estimate of drug-likeness (QED) is 0.916. The Morgan fingerprint density at radius 3 is 2.67 bits per heavy atom. The van der Waals surface area contributed by atoms with E-state index in [0.29, 0.717) is 17.3 Å². The molecule has 1 saturated heterocycles. The fraction of sp³-hybridized carbons (Fsp3) is 0.263. The predicted octanol–water partition coefficient (Wildman–Crippen LogP) is 3.89. The molecule has 0 bridgehead atoms. The SMILES string of the molecule is CCc1ccc(N2C[C@H](C(=O)Nc3cccc(Cl)c3)CC2=O)cc1. The largest absolute Gasteiger partial charge is 0.326 e. The van der Waals surface area contributed by atoms with Gasteiger partial charge in [0.15, 0.2) is 0 Å². The third-order valence-corrected chi connectivity index (χ3v) is 4.48. The average molecular weight is 343 g/mol. The number of halogens is 1. The van der Waals surface area contributed by atoms with Crippen molar-refractivity contribution in [3.63, 3.8) is 0 Å². The first-order chi connectivity index (χ1) is 11.6. The number of nitrogens with zero attached hydrogens (tertiary/aromatic N) is 1. The van der Waals surface area contributed by atoms with Crippen LogP contribution in [0, 0.1) is 5.92 Å². The molecular formula is C19H19ClN2O2. The number of hydrogen-bond donors (Lipinski definition) is 1. The van der Waals surface area contributed by atoms with Gasteiger partial charge in [-0.05, 0) is 42.3 Å². The standard InChI is InChI=1S/C19H19ClN2O2/c1-2-13-6-8-17(9-7-13)22-12-14(10-18(22)23)19(24)21-16-5-3-4-15(20)11-16/h3-9,11,14H,2,10,12H2,1H3,(H,21,24)/t14-/m1/s1. The van der Waals surface area contributed by atoms with Crippen LogP contribution < -0.4 is 10.2 Å². The molecule has 0 unspecified atom stereocenters. The number of aryl methyl sites for hydroxylation is 1. The van der Waals surface area contributed by atoms with Crippen LogP contribution in [0.1, 0.15) is 18.9 Å². The van der Waals surface area contributed by atoms with Crippen LogP contribution in [-0.4, -0.2) is 18.4 Å². The van der Waals surface area contributed by atoms with Gasteiger partial charge in [-0.1, -0.05) is 36.7 Å². The highest BCUT2D eigenvalue weighted by molar-refractivity contribution is 6.30. The molecular weight excluding hydrogens is 324 g/mol. The number of anilines is 2. The Morgan fingerprint density at radius 2 is 2.00 bits per heavy atom. The summed E-state index contributed by atoms with van der Waals surface area (Å²) in [7, 11) is 0. The number of carbonyl (C=O) groups excluding carboxylic acids is 2. The van der Waals surface area contributed by atoms with Crippen LogP contribution in [-0.2, 0) is 16.0 Å². The molecule has 2 amide bonds. The zero-order valence-corrected chi connectivity index (χ0v) is 14.2. The number of benzene rings is 2. The van der Waals surface area contributed by atoms with Gasteiger partial charge >= 0.3 is 0 Å². The average Bonchev–Trinajstić information content (AvgIpc) is 2.97. The zero-order chi connectivity index (χ0) is 17.1. The molecule has 5 heteroatoms. The van der Waals surface area contributed by atoms with Crippen molar-refractivity contribution in [1.82, 2.24) is 0 Å². The second-order valence-electron chi connectivity index (χ2n) is 5.92. The van der Waals surface area contributed by atoms with Crippen molar-refractivity contribution in [3.8, 4) is 0 Å². The fourth-order valence-electron chi connectivity index (χ4n) is 2.85. The van der Waals surface area contributed by atoms with Gasteiger partial charge in [0.1, 0.15) is 0 Å². The lowest BCUT2D eigenvalue weighted by Gasteiger charge is -2.17. The lowest BCUT2D eigenvalue weighted by molar-refractivity contribution is -0.122. The summed E-state index contributed by atoms with van der Waals surface area (Å²) in [5.41, 5.74) is 2.71. The van der Waals surface area contributed by atoms with Gasteiger partial charge in [0, 0.05) is 29.4 Å². The van der Waals surface area contributed by atoms with E-state index in [2.05, 4.69) is 12.2 Å². The number of nitrogens with one attached hydrogen (secondary N) is 1. The van der Waals surface area contributed by atoms with E-state index in [9.17, 15) is 9.59 Å². The van der Waals surface area contributed by atoms with E-state index in [1.54, 1.807) is 29.2 Å². The summed E-state index contributed by atoms with van der Waals surface area (Å²) in [6.45, 7) is 2.49. The maximum absolute atomic E-state index is 12.4. The van der Waals surface area contributed by atoms with Gasteiger partial charge in [-0.2, -0.15) is 0 Å². The summed E-state index contributed by atoms with van der Waals surface area (Å²) in [6, 6.07) is 14.9. The van der Waals surface area contributed by atoms with Gasteiger partial charge < -0.3 is 10.2 Å². The first-order valence-electron chi connectivity index (χ1n) is 8.02. The van der Waals surface area contributed by atoms with Gasteiger partial charge in [0.25, 0.3) is 0 Å². The van der Waals surface area contributed by atoms with Gasteiger partial charge in [0.2, 0.25) is 11.8 Å². The van der Waals surface area contributed by atoms with Crippen LogP contribution in [0.2, 0.25) is 5.02 Å². The molecule has 124 valence electrons. The molecule has 1 aliphatic heterocycles. The summed E-state index contributed by atoms with van der Waals surface area (Å²) >= 11 is 5.93. The van der Waals surface area contributed by atoms with Crippen LogP contribution in [0.4, 0.5) is 11.4 Å². The molecule has 2 aromatic rings. The summed E-state index contributed by atoms with van der Waals surface area (Å²) in [4.78, 5) is 26.4. The van der Waals surface area contributed by atoms with Gasteiger partial charge in [-0.15, -0.1) is 0 Å². The van der Waals surface area contributed by atoms with Crippen LogP contribution in [0.3, 0.4) is 0 Å². The van der Waals surface area contributed by atoms with Crippen molar-refractivity contribution in [3.05, 3.63) is 59.1 Å². The molecule has 0 saturated carbocycles. The van der Waals surface area contributed by atoms with Crippen molar-refractivity contribution >= 4 is 34.8 Å². The zero-order valence-electron chi connectivity index (χ0n) is 13.5. The number of carbonyl (C=O) groups is 2. The molecule has 1 heterocycles. The Kier molecular flexibility index (Phi) is 4.86. The van der Waals surface area contributed by atoms with Crippen molar-refractivity contribution in [2.24, 2.45) is 5.92 Å². The highest BCUT2D eigenvalue weighted by Gasteiger charge is 2.35. The fourth-order valence-corrected chi connectivity index (χ4v) is 3.05. The molecule has 1 fully saturated rings. The van der Waals surface area contributed by atoms with E-state index in [4.69, 9.17) is 11.6 Å². The molecule has 0 spiro atoms. The van der Waals surface area contributed by atoms with E-state index >= 15 is 0 Å². The second-order valence-corrected chi connectivity index (χ2v) is 6.36. The van der Waals surface area contributed by atoms with Crippen LogP contribution in [0.25, 0.3) is 0 Å². The molecule has 0 aromatic heterocycles. The van der Waals surface area contributed by atoms with Crippen LogP contribution >= 0.6 is 11.6 Å². The Balaban J connectivity index is 1.68. The predicted molar refractivity (Wildman–Crippen MR) is 96.4 cm³/mol. The van der Waals surface area contributed by atoms with Crippen molar-refractivity contribution in [1.29, 1.82) is 0 Å². The normalized spacial score (nSPS) is 17.2. The highest BCUT2D eigenvalue weighted by Crippen LogP contribution is 2.26. The maximum atomic E-state index is 12.4. The van der Waals surface area contributed by atoms with Gasteiger partial charge in [0.05, 0.1) is 5.92 Å². The number of rotatable bonds is 4. The van der Waals surface area contributed by atoms with Crippen LogP contribution in [0.15, 0.2) is 48.5 Å². The Bertz CT molecular complexity index is 758. The number of hydrogen-bond acceptors (Lipinski definition) is 2. The van der Waals surface area contributed by atoms with E-state index in [1.165, 1.54) is 5.56 Å². The molecule has 4 nitrogen and oxygen atoms in total. The molecule has 0 radical (unpaired) electrons. The lowest BCUT2D eigenvalue weighted by atomic mass is 10.1. The Morgan fingerprint density at radius 1 is 1.25 bits per heavy atom. The van der Waals surface area contributed by atoms with Crippen molar-refractivity contribution in [2.45, 2.75) is 19.8 Å². The highest BCUT2D eigenvalue weighted by atomic mass is 35.5. The minimum atomic E-state index is -0.359. The summed E-state index contributed by atoms with van der Waals surface area (Å²) < 4.78 is 0. The third kappa shape index (κ3) is 3.60. The second kappa shape index (κ2) is 7.05. The molecule has 1 aliphatic rings. The minimum Gasteiger partial charge on any atom is -0.326 e. The minimum absolute atomic E-state index is 0.0227. The van der Waals surface area contributed by atoms with Crippen LogP contribution in [0.5, 0.6) is 0 Å². The summed E-state index contributed by atoms with van der Waals surface area (Å²) in [5.74, 6) is -0.536. The maximum Gasteiger partial charge on any atom is 0.229 e. The van der Waals surface area contributed by atoms with E-state index in [1.807, 2.05) is 24.3 Å². The van der Waals surface area contributed by atoms with Crippen molar-refractivity contribution in [2.75, 3.05) is 16.8 Å². The first-order valence-corrected chi connectivity index (χ1v) is 8.40. The van der Waals surface area contributed by atoms with E-state index in [0.717, 1.165) is 12.1 Å². The van der Waals surface area contributed by atoms with Gasteiger partial charge in [-0.3, -0.25) is 9.59 Å². The molecule has 24 heavy (non-hydrogen) atoms. The molecule has 2 aromatic carbocycles. The summed E-state index contributed by atoms with van der Waals surface area (Å²) in [6.07, 6.45) is 1.18. The summed E-state index contributed by atoms with van der Waals surface area (Å²) in [5, 5.41) is 3.40. The lowest BCUT2D eigenvalue weighted by Crippen LogP contribution is -2.28. The first kappa shape index (κ1) is 16.5.